The Balaban J connectivity index is 3.91. The third kappa shape index (κ3) is 11.1. The zero-order valence-corrected chi connectivity index (χ0v) is 13.8. The maximum absolute atomic E-state index is 4.31. The van der Waals surface area contributed by atoms with Crippen molar-refractivity contribution in [2.75, 3.05) is 13.1 Å². The number of unbranched alkanes of at least 4 members (excludes halogenated alkanes) is 7. The third-order valence-corrected chi connectivity index (χ3v) is 3.83. The van der Waals surface area contributed by atoms with Crippen LogP contribution in [0.25, 0.3) is 0 Å². The Morgan fingerprint density at radius 2 is 1.16 bits per heavy atom. The second-order valence-corrected chi connectivity index (χ2v) is 5.78. The molecule has 0 fully saturated rings. The minimum absolute atomic E-state index is 1.19. The molecule has 0 saturated heterocycles. The van der Waals surface area contributed by atoms with E-state index in [1.807, 2.05) is 0 Å². The van der Waals surface area contributed by atoms with Gasteiger partial charge in [-0.15, -0.1) is 0 Å². The first-order chi connectivity index (χ1) is 9.26. The summed E-state index contributed by atoms with van der Waals surface area (Å²) in [7, 11) is 0. The molecule has 0 radical (unpaired) electrons. The van der Waals surface area contributed by atoms with Crippen LogP contribution in [0.4, 0.5) is 0 Å². The van der Waals surface area contributed by atoms with Crippen molar-refractivity contribution in [1.29, 1.82) is 0 Å². The molecule has 1 nitrogen and oxygen atoms in total. The van der Waals surface area contributed by atoms with Crippen molar-refractivity contribution < 1.29 is 0 Å². The van der Waals surface area contributed by atoms with E-state index in [9.17, 15) is 0 Å². The van der Waals surface area contributed by atoms with Gasteiger partial charge in [0.15, 0.2) is 0 Å². The van der Waals surface area contributed by atoms with Gasteiger partial charge in [-0.3, -0.25) is 0 Å². The first kappa shape index (κ1) is 18.5. The van der Waals surface area contributed by atoms with Crippen LogP contribution < -0.4 is 0 Å². The van der Waals surface area contributed by atoms with Crippen LogP contribution in [0.2, 0.25) is 0 Å². The molecule has 0 bridgehead atoms. The molecule has 0 aliphatic rings. The Hall–Kier alpha value is -0.460. The van der Waals surface area contributed by atoms with E-state index in [0.717, 1.165) is 0 Å². The van der Waals surface area contributed by atoms with Gasteiger partial charge in [0.25, 0.3) is 0 Å². The van der Waals surface area contributed by atoms with Crippen molar-refractivity contribution in [2.45, 2.75) is 91.4 Å². The van der Waals surface area contributed by atoms with E-state index < -0.39 is 0 Å². The van der Waals surface area contributed by atoms with Crippen molar-refractivity contribution >= 4 is 0 Å². The number of allylic oxidation sites excluding steroid dienone is 1. The Morgan fingerprint density at radius 3 is 1.74 bits per heavy atom. The molecule has 0 aliphatic heterocycles. The molecule has 0 amide bonds. The second-order valence-electron chi connectivity index (χ2n) is 5.78. The summed E-state index contributed by atoms with van der Waals surface area (Å²) in [6, 6.07) is 0. The maximum Gasteiger partial charge on any atom is 0.0174 e. The standard InChI is InChI=1S/C18H37N/c1-5-8-11-12-14-17-19(16-13-9-6-2)18(4)15-10-7-3/h4-17H2,1-3H3. The molecule has 0 aliphatic carbocycles. The van der Waals surface area contributed by atoms with E-state index in [4.69, 9.17) is 0 Å². The van der Waals surface area contributed by atoms with Gasteiger partial charge < -0.3 is 4.90 Å². The normalized spacial score (nSPS) is 10.7. The van der Waals surface area contributed by atoms with Crippen LogP contribution in [0, 0.1) is 0 Å². The molecule has 0 spiro atoms. The van der Waals surface area contributed by atoms with E-state index in [1.54, 1.807) is 0 Å². The maximum atomic E-state index is 4.31. The molecule has 114 valence electrons. The van der Waals surface area contributed by atoms with Gasteiger partial charge in [-0.1, -0.05) is 72.3 Å². The van der Waals surface area contributed by atoms with Crippen LogP contribution in [0.1, 0.15) is 91.4 Å². The van der Waals surface area contributed by atoms with Crippen molar-refractivity contribution in [3.8, 4) is 0 Å². The molecule has 0 heterocycles. The lowest BCUT2D eigenvalue weighted by Crippen LogP contribution is -2.25. The molecular weight excluding hydrogens is 230 g/mol. The highest BCUT2D eigenvalue weighted by Crippen LogP contribution is 2.14. The molecule has 0 aromatic heterocycles. The van der Waals surface area contributed by atoms with Gasteiger partial charge in [0.05, 0.1) is 0 Å². The monoisotopic (exact) mass is 267 g/mol. The fourth-order valence-corrected chi connectivity index (χ4v) is 2.43. The third-order valence-electron chi connectivity index (χ3n) is 3.83. The van der Waals surface area contributed by atoms with Crippen LogP contribution in [-0.2, 0) is 0 Å². The van der Waals surface area contributed by atoms with Crippen molar-refractivity contribution in [3.05, 3.63) is 12.3 Å². The van der Waals surface area contributed by atoms with Gasteiger partial charge in [0.1, 0.15) is 0 Å². The van der Waals surface area contributed by atoms with Crippen LogP contribution in [-0.4, -0.2) is 18.0 Å². The van der Waals surface area contributed by atoms with Crippen molar-refractivity contribution in [2.24, 2.45) is 0 Å². The van der Waals surface area contributed by atoms with Gasteiger partial charge >= 0.3 is 0 Å². The van der Waals surface area contributed by atoms with Gasteiger partial charge in [-0.2, -0.15) is 0 Å². The van der Waals surface area contributed by atoms with Crippen molar-refractivity contribution in [1.82, 2.24) is 4.90 Å². The summed E-state index contributed by atoms with van der Waals surface area (Å²) < 4.78 is 0. The molecule has 0 saturated carbocycles. The average molecular weight is 268 g/mol. The largest absolute Gasteiger partial charge is 0.375 e. The fraction of sp³-hybridized carbons (Fsp3) is 0.889. The molecule has 0 atom stereocenters. The summed E-state index contributed by atoms with van der Waals surface area (Å²) in [5.74, 6) is 0. The van der Waals surface area contributed by atoms with E-state index in [0.29, 0.717) is 0 Å². The Bertz CT molecular complexity index is 198. The molecule has 1 heteroatoms. The van der Waals surface area contributed by atoms with Crippen LogP contribution >= 0.6 is 0 Å². The zero-order valence-electron chi connectivity index (χ0n) is 13.8. The minimum atomic E-state index is 1.19. The highest BCUT2D eigenvalue weighted by Gasteiger charge is 2.06. The predicted molar refractivity (Wildman–Crippen MR) is 88.5 cm³/mol. The number of hydrogen-bond acceptors (Lipinski definition) is 1. The molecule has 19 heavy (non-hydrogen) atoms. The minimum Gasteiger partial charge on any atom is -0.375 e. The Labute approximate surface area is 122 Å². The highest BCUT2D eigenvalue weighted by atomic mass is 15.1. The summed E-state index contributed by atoms with van der Waals surface area (Å²) in [4.78, 5) is 2.57. The first-order valence-corrected chi connectivity index (χ1v) is 8.68. The van der Waals surface area contributed by atoms with E-state index in [2.05, 4.69) is 32.3 Å². The van der Waals surface area contributed by atoms with E-state index >= 15 is 0 Å². The molecule has 0 rings (SSSR count). The molecule has 0 aromatic rings. The summed E-state index contributed by atoms with van der Waals surface area (Å²) in [6.07, 6.45) is 14.6. The summed E-state index contributed by atoms with van der Waals surface area (Å²) in [5, 5.41) is 0. The van der Waals surface area contributed by atoms with Gasteiger partial charge in [-0.05, 0) is 25.7 Å². The highest BCUT2D eigenvalue weighted by molar-refractivity contribution is 4.93. The Kier molecular flexibility index (Phi) is 13.6. The SMILES string of the molecule is C=C(CCCC)N(CCCCC)CCCCCCC. The van der Waals surface area contributed by atoms with Gasteiger partial charge in [-0.25, -0.2) is 0 Å². The lowest BCUT2D eigenvalue weighted by atomic mass is 10.1. The van der Waals surface area contributed by atoms with Crippen LogP contribution in [0.15, 0.2) is 12.3 Å². The van der Waals surface area contributed by atoms with E-state index in [1.165, 1.54) is 89.4 Å². The lowest BCUT2D eigenvalue weighted by molar-refractivity contribution is 0.313. The van der Waals surface area contributed by atoms with Crippen molar-refractivity contribution in [3.63, 3.8) is 0 Å². The predicted octanol–water partition coefficient (Wildman–Crippen LogP) is 6.15. The number of rotatable bonds is 14. The molecular formula is C18H37N. The second kappa shape index (κ2) is 14.0. The molecule has 0 N–H and O–H groups in total. The molecule has 0 unspecified atom stereocenters. The number of nitrogens with zero attached hydrogens (tertiary/aromatic N) is 1. The molecule has 0 aromatic carbocycles. The summed E-state index contributed by atoms with van der Waals surface area (Å²) >= 11 is 0. The topological polar surface area (TPSA) is 3.24 Å². The quantitative estimate of drug-likeness (QED) is 0.341. The first-order valence-electron chi connectivity index (χ1n) is 8.68. The Morgan fingerprint density at radius 1 is 0.684 bits per heavy atom. The average Bonchev–Trinajstić information content (AvgIpc) is 2.42. The van der Waals surface area contributed by atoms with E-state index in [-0.39, 0.29) is 0 Å². The smallest absolute Gasteiger partial charge is 0.0174 e. The van der Waals surface area contributed by atoms with Crippen LogP contribution in [0.3, 0.4) is 0 Å². The van der Waals surface area contributed by atoms with Gasteiger partial charge in [0, 0.05) is 18.8 Å². The summed E-state index contributed by atoms with van der Waals surface area (Å²) in [5.41, 5.74) is 1.38. The summed E-state index contributed by atoms with van der Waals surface area (Å²) in [6.45, 7) is 13.6. The van der Waals surface area contributed by atoms with Gasteiger partial charge in [0.2, 0.25) is 0 Å². The zero-order chi connectivity index (χ0) is 14.3. The number of hydrogen-bond donors (Lipinski definition) is 0. The van der Waals surface area contributed by atoms with Crippen LogP contribution in [0.5, 0.6) is 0 Å². The lowest BCUT2D eigenvalue weighted by Gasteiger charge is -2.27. The fourth-order valence-electron chi connectivity index (χ4n) is 2.43.